The summed E-state index contributed by atoms with van der Waals surface area (Å²) >= 11 is 0. The van der Waals surface area contributed by atoms with E-state index in [4.69, 9.17) is 0 Å². The predicted octanol–water partition coefficient (Wildman–Crippen LogP) is 0.573. The second-order valence-electron chi connectivity index (χ2n) is 6.56. The van der Waals surface area contributed by atoms with Crippen molar-refractivity contribution in [3.63, 3.8) is 0 Å². The van der Waals surface area contributed by atoms with Crippen LogP contribution in [0.5, 0.6) is 0 Å². The molecule has 144 valence electrons. The summed E-state index contributed by atoms with van der Waals surface area (Å²) in [5.41, 5.74) is -1.23. The van der Waals surface area contributed by atoms with E-state index in [9.17, 15) is 18.8 Å². The molecule has 3 aromatic rings. The third kappa shape index (κ3) is 3.38. The lowest BCUT2D eigenvalue weighted by atomic mass is 10.2. The number of benzene rings is 1. The van der Waals surface area contributed by atoms with Crippen molar-refractivity contribution in [1.82, 2.24) is 19.4 Å². The number of pyridine rings is 1. The van der Waals surface area contributed by atoms with Gasteiger partial charge in [0.1, 0.15) is 18.2 Å². The molecule has 28 heavy (non-hydrogen) atoms. The SMILES string of the molecule is O=C(Cn1c(=O)c(=O)[nH]c2cc(F)ccc21)N1CCN(c2ccccn2)CC1. The molecule has 1 aliphatic rings. The minimum absolute atomic E-state index is 0.178. The fourth-order valence-corrected chi connectivity index (χ4v) is 3.37. The zero-order chi connectivity index (χ0) is 19.7. The second kappa shape index (κ2) is 7.26. The highest BCUT2D eigenvalue weighted by molar-refractivity contribution is 5.80. The van der Waals surface area contributed by atoms with Crippen LogP contribution in [0.15, 0.2) is 52.2 Å². The Labute approximate surface area is 158 Å². The first-order valence-electron chi connectivity index (χ1n) is 8.89. The molecule has 1 fully saturated rings. The smallest absolute Gasteiger partial charge is 0.317 e. The third-order valence-electron chi connectivity index (χ3n) is 4.84. The van der Waals surface area contributed by atoms with Crippen LogP contribution in [0.25, 0.3) is 11.0 Å². The number of nitrogens with one attached hydrogen (secondary N) is 1. The maximum atomic E-state index is 13.4. The van der Waals surface area contributed by atoms with Crippen molar-refractivity contribution in [3.8, 4) is 0 Å². The number of halogens is 1. The van der Waals surface area contributed by atoms with Crippen LogP contribution in [0.4, 0.5) is 10.2 Å². The number of rotatable bonds is 3. The van der Waals surface area contributed by atoms with E-state index in [1.165, 1.54) is 12.1 Å². The van der Waals surface area contributed by atoms with Crippen molar-refractivity contribution in [1.29, 1.82) is 0 Å². The first-order valence-corrected chi connectivity index (χ1v) is 8.89. The summed E-state index contributed by atoms with van der Waals surface area (Å²) in [5.74, 6) is 0.0535. The number of amides is 1. The molecule has 0 radical (unpaired) electrons. The molecule has 0 saturated carbocycles. The van der Waals surface area contributed by atoms with E-state index in [2.05, 4.69) is 14.9 Å². The maximum Gasteiger partial charge on any atom is 0.317 e. The summed E-state index contributed by atoms with van der Waals surface area (Å²) in [4.78, 5) is 47.3. The molecule has 0 atom stereocenters. The Hall–Kier alpha value is -3.49. The van der Waals surface area contributed by atoms with Crippen molar-refractivity contribution < 1.29 is 9.18 Å². The lowest BCUT2D eigenvalue weighted by molar-refractivity contribution is -0.132. The van der Waals surface area contributed by atoms with Crippen LogP contribution in [0.3, 0.4) is 0 Å². The molecule has 0 unspecified atom stereocenters. The summed E-state index contributed by atoms with van der Waals surface area (Å²) in [5, 5.41) is 0. The number of H-pyrrole nitrogens is 1. The molecule has 8 nitrogen and oxygen atoms in total. The third-order valence-corrected chi connectivity index (χ3v) is 4.84. The summed E-state index contributed by atoms with van der Waals surface area (Å²) in [6, 6.07) is 9.37. The van der Waals surface area contributed by atoms with Crippen LogP contribution in [0.1, 0.15) is 0 Å². The Balaban J connectivity index is 1.53. The zero-order valence-corrected chi connectivity index (χ0v) is 15.0. The monoisotopic (exact) mass is 383 g/mol. The average Bonchev–Trinajstić information content (AvgIpc) is 2.72. The number of carbonyl (C=O) groups excluding carboxylic acids is 1. The van der Waals surface area contributed by atoms with Gasteiger partial charge in [-0.25, -0.2) is 9.37 Å². The Kier molecular flexibility index (Phi) is 4.64. The Morgan fingerprint density at radius 3 is 2.61 bits per heavy atom. The molecular formula is C19H18FN5O3. The first kappa shape index (κ1) is 17.9. The van der Waals surface area contributed by atoms with Crippen molar-refractivity contribution >= 4 is 22.8 Å². The van der Waals surface area contributed by atoms with E-state index < -0.39 is 16.9 Å². The van der Waals surface area contributed by atoms with Crippen LogP contribution < -0.4 is 16.0 Å². The number of fused-ring (bicyclic) bond motifs is 1. The zero-order valence-electron chi connectivity index (χ0n) is 15.0. The van der Waals surface area contributed by atoms with E-state index in [1.807, 2.05) is 18.2 Å². The molecule has 3 heterocycles. The van der Waals surface area contributed by atoms with Gasteiger partial charge in [-0.15, -0.1) is 0 Å². The molecule has 1 N–H and O–H groups in total. The van der Waals surface area contributed by atoms with Crippen molar-refractivity contribution in [3.05, 3.63) is 69.1 Å². The topological polar surface area (TPSA) is 91.3 Å². The van der Waals surface area contributed by atoms with Gasteiger partial charge >= 0.3 is 11.1 Å². The van der Waals surface area contributed by atoms with Gasteiger partial charge in [0, 0.05) is 32.4 Å². The van der Waals surface area contributed by atoms with E-state index >= 15 is 0 Å². The number of nitrogens with zero attached hydrogens (tertiary/aromatic N) is 4. The molecule has 1 amide bonds. The highest BCUT2D eigenvalue weighted by Crippen LogP contribution is 2.14. The quantitative estimate of drug-likeness (QED) is 0.668. The molecule has 1 aromatic carbocycles. The largest absolute Gasteiger partial charge is 0.353 e. The molecule has 0 bridgehead atoms. The molecule has 1 aliphatic heterocycles. The van der Waals surface area contributed by atoms with Gasteiger partial charge in [0.2, 0.25) is 5.91 Å². The molecule has 0 aliphatic carbocycles. The normalized spacial score (nSPS) is 14.5. The van der Waals surface area contributed by atoms with Gasteiger partial charge in [0.05, 0.1) is 11.0 Å². The molecule has 2 aromatic heterocycles. The van der Waals surface area contributed by atoms with Gasteiger partial charge in [-0.2, -0.15) is 0 Å². The Bertz CT molecular complexity index is 1130. The van der Waals surface area contributed by atoms with E-state index in [-0.39, 0.29) is 18.0 Å². The van der Waals surface area contributed by atoms with Crippen LogP contribution in [0.2, 0.25) is 0 Å². The standard InChI is InChI=1S/C19H18FN5O3/c20-13-4-5-15-14(11-13)22-18(27)19(28)25(15)12-17(26)24-9-7-23(8-10-24)16-3-1-2-6-21-16/h1-6,11H,7-10,12H2,(H,22,27). The minimum Gasteiger partial charge on any atom is -0.353 e. The molecular weight excluding hydrogens is 365 g/mol. The molecule has 0 spiro atoms. The summed E-state index contributed by atoms with van der Waals surface area (Å²) in [6.45, 7) is 1.95. The number of piperazine rings is 1. The van der Waals surface area contributed by atoms with Gasteiger partial charge in [0.25, 0.3) is 0 Å². The number of aromatic amines is 1. The fraction of sp³-hybridized carbons (Fsp3) is 0.263. The van der Waals surface area contributed by atoms with Gasteiger partial charge in [-0.3, -0.25) is 19.0 Å². The number of hydrogen-bond acceptors (Lipinski definition) is 5. The van der Waals surface area contributed by atoms with Crippen LogP contribution in [-0.2, 0) is 11.3 Å². The average molecular weight is 383 g/mol. The van der Waals surface area contributed by atoms with Crippen molar-refractivity contribution in [2.75, 3.05) is 31.1 Å². The second-order valence-corrected chi connectivity index (χ2v) is 6.56. The fourth-order valence-electron chi connectivity index (χ4n) is 3.37. The van der Waals surface area contributed by atoms with E-state index in [0.717, 1.165) is 16.5 Å². The lowest BCUT2D eigenvalue weighted by Crippen LogP contribution is -2.50. The highest BCUT2D eigenvalue weighted by Gasteiger charge is 2.23. The maximum absolute atomic E-state index is 13.4. The minimum atomic E-state index is -0.883. The van der Waals surface area contributed by atoms with E-state index in [0.29, 0.717) is 31.7 Å². The van der Waals surface area contributed by atoms with E-state index in [1.54, 1.807) is 11.1 Å². The van der Waals surface area contributed by atoms with Crippen molar-refractivity contribution in [2.24, 2.45) is 0 Å². The summed E-state index contributed by atoms with van der Waals surface area (Å²) in [7, 11) is 0. The molecule has 9 heteroatoms. The van der Waals surface area contributed by atoms with Crippen LogP contribution in [0, 0.1) is 5.82 Å². The van der Waals surface area contributed by atoms with Gasteiger partial charge in [0.15, 0.2) is 0 Å². The summed E-state index contributed by atoms with van der Waals surface area (Å²) < 4.78 is 14.5. The number of anilines is 1. The first-order chi connectivity index (χ1) is 13.5. The van der Waals surface area contributed by atoms with Gasteiger partial charge < -0.3 is 14.8 Å². The Morgan fingerprint density at radius 2 is 1.89 bits per heavy atom. The highest BCUT2D eigenvalue weighted by atomic mass is 19.1. The van der Waals surface area contributed by atoms with Crippen molar-refractivity contribution in [2.45, 2.75) is 6.54 Å². The van der Waals surface area contributed by atoms with Gasteiger partial charge in [-0.05, 0) is 30.3 Å². The molecule has 4 rings (SSSR count). The predicted molar refractivity (Wildman–Crippen MR) is 102 cm³/mol. The number of carbonyl (C=O) groups is 1. The lowest BCUT2D eigenvalue weighted by Gasteiger charge is -2.35. The Morgan fingerprint density at radius 1 is 1.11 bits per heavy atom. The molecule has 1 saturated heterocycles. The van der Waals surface area contributed by atoms with Crippen LogP contribution >= 0.6 is 0 Å². The summed E-state index contributed by atoms with van der Waals surface area (Å²) in [6.07, 6.45) is 1.72. The number of hydrogen-bond donors (Lipinski definition) is 1. The number of aromatic nitrogens is 3. The van der Waals surface area contributed by atoms with Gasteiger partial charge in [-0.1, -0.05) is 6.07 Å². The van der Waals surface area contributed by atoms with Crippen LogP contribution in [-0.4, -0.2) is 51.5 Å².